The van der Waals surface area contributed by atoms with Crippen LogP contribution in [0.1, 0.15) is 26.7 Å². The van der Waals surface area contributed by atoms with Gasteiger partial charge in [-0.2, -0.15) is 0 Å². The maximum atomic E-state index is 12.5. The van der Waals surface area contributed by atoms with Crippen LogP contribution in [0.5, 0.6) is 5.75 Å². The molecule has 0 atom stereocenters. The van der Waals surface area contributed by atoms with E-state index in [1.54, 1.807) is 24.4 Å². The molecule has 0 unspecified atom stereocenters. The van der Waals surface area contributed by atoms with Gasteiger partial charge >= 0.3 is 0 Å². The molecule has 0 radical (unpaired) electrons. The normalized spacial score (nSPS) is 14.8. The molecule has 2 heterocycles. The SMILES string of the molecule is CC(C)Oc1ccc(S(=O)(=O)Nc2ccc(N3CCCC3)nc2)cc1. The minimum atomic E-state index is -3.65. The lowest BCUT2D eigenvalue weighted by molar-refractivity contribution is 0.242. The Labute approximate surface area is 148 Å². The summed E-state index contributed by atoms with van der Waals surface area (Å²) in [6.45, 7) is 5.85. The standard InChI is InChI=1S/C18H23N3O3S/c1-14(2)24-16-6-8-17(9-7-16)25(22,23)20-15-5-10-18(19-13-15)21-11-3-4-12-21/h5-10,13-14,20H,3-4,11-12H2,1-2H3. The van der Waals surface area contributed by atoms with Gasteiger partial charge in [-0.1, -0.05) is 0 Å². The van der Waals surface area contributed by atoms with Crippen molar-refractivity contribution in [3.8, 4) is 5.75 Å². The van der Waals surface area contributed by atoms with Gasteiger partial charge in [-0.15, -0.1) is 0 Å². The van der Waals surface area contributed by atoms with Crippen LogP contribution in [0.15, 0.2) is 47.5 Å². The molecule has 1 fully saturated rings. The zero-order chi connectivity index (χ0) is 17.9. The van der Waals surface area contributed by atoms with Crippen LogP contribution in [0.2, 0.25) is 0 Å². The Kier molecular flexibility index (Phi) is 5.13. The minimum absolute atomic E-state index is 0.0424. The molecule has 0 aliphatic carbocycles. The molecule has 1 aromatic heterocycles. The van der Waals surface area contributed by atoms with Gasteiger partial charge in [0.15, 0.2) is 0 Å². The number of sulfonamides is 1. The summed E-state index contributed by atoms with van der Waals surface area (Å²) in [5.41, 5.74) is 0.449. The number of nitrogens with one attached hydrogen (secondary N) is 1. The van der Waals surface area contributed by atoms with Crippen molar-refractivity contribution in [3.05, 3.63) is 42.6 Å². The Balaban J connectivity index is 1.70. The summed E-state index contributed by atoms with van der Waals surface area (Å²) in [6, 6.07) is 9.97. The van der Waals surface area contributed by atoms with E-state index >= 15 is 0 Å². The lowest BCUT2D eigenvalue weighted by Crippen LogP contribution is -2.19. The second kappa shape index (κ2) is 7.31. The summed E-state index contributed by atoms with van der Waals surface area (Å²) < 4.78 is 33.1. The molecule has 1 N–H and O–H groups in total. The first-order chi connectivity index (χ1) is 11.9. The van der Waals surface area contributed by atoms with Crippen molar-refractivity contribution in [3.63, 3.8) is 0 Å². The molecule has 1 aliphatic heterocycles. The molecule has 25 heavy (non-hydrogen) atoms. The van der Waals surface area contributed by atoms with Crippen LogP contribution < -0.4 is 14.4 Å². The van der Waals surface area contributed by atoms with Gasteiger partial charge in [-0.05, 0) is 63.1 Å². The highest BCUT2D eigenvalue weighted by Crippen LogP contribution is 2.22. The van der Waals surface area contributed by atoms with E-state index in [1.807, 2.05) is 19.9 Å². The van der Waals surface area contributed by atoms with Crippen molar-refractivity contribution < 1.29 is 13.2 Å². The lowest BCUT2D eigenvalue weighted by Gasteiger charge is -2.16. The number of ether oxygens (including phenoxy) is 1. The molecule has 0 amide bonds. The van der Waals surface area contributed by atoms with Gasteiger partial charge in [-0.25, -0.2) is 13.4 Å². The van der Waals surface area contributed by atoms with Gasteiger partial charge in [0.25, 0.3) is 10.0 Å². The second-order valence-corrected chi connectivity index (χ2v) is 8.03. The quantitative estimate of drug-likeness (QED) is 0.855. The van der Waals surface area contributed by atoms with E-state index in [4.69, 9.17) is 4.74 Å². The van der Waals surface area contributed by atoms with Crippen molar-refractivity contribution in [1.29, 1.82) is 0 Å². The number of hydrogen-bond donors (Lipinski definition) is 1. The average Bonchev–Trinajstić information content (AvgIpc) is 3.09. The molecule has 1 saturated heterocycles. The van der Waals surface area contributed by atoms with Gasteiger partial charge in [0.05, 0.1) is 22.9 Å². The van der Waals surface area contributed by atoms with Gasteiger partial charge in [0.1, 0.15) is 11.6 Å². The molecule has 6 nitrogen and oxygen atoms in total. The van der Waals surface area contributed by atoms with Gasteiger partial charge in [0, 0.05) is 13.1 Å². The molecule has 7 heteroatoms. The van der Waals surface area contributed by atoms with E-state index in [0.29, 0.717) is 11.4 Å². The third kappa shape index (κ3) is 4.42. The van der Waals surface area contributed by atoms with Crippen LogP contribution in [0, 0.1) is 0 Å². The molecule has 1 aliphatic rings. The minimum Gasteiger partial charge on any atom is -0.491 e. The van der Waals surface area contributed by atoms with Crippen LogP contribution >= 0.6 is 0 Å². The van der Waals surface area contributed by atoms with E-state index in [-0.39, 0.29) is 11.0 Å². The maximum absolute atomic E-state index is 12.5. The van der Waals surface area contributed by atoms with E-state index in [2.05, 4.69) is 14.6 Å². The number of pyridine rings is 1. The summed E-state index contributed by atoms with van der Waals surface area (Å²) in [5.74, 6) is 1.53. The number of aromatic nitrogens is 1. The molecule has 2 aromatic rings. The molecule has 3 rings (SSSR count). The van der Waals surface area contributed by atoms with E-state index in [9.17, 15) is 8.42 Å². The fraction of sp³-hybridized carbons (Fsp3) is 0.389. The fourth-order valence-corrected chi connectivity index (χ4v) is 3.81. The van der Waals surface area contributed by atoms with E-state index in [0.717, 1.165) is 18.9 Å². The van der Waals surface area contributed by atoms with Crippen LogP contribution in [0.3, 0.4) is 0 Å². The van der Waals surface area contributed by atoms with Crippen molar-refractivity contribution in [2.24, 2.45) is 0 Å². The predicted octanol–water partition coefficient (Wildman–Crippen LogP) is 3.27. The number of benzene rings is 1. The first-order valence-corrected chi connectivity index (χ1v) is 9.93. The smallest absolute Gasteiger partial charge is 0.261 e. The first-order valence-electron chi connectivity index (χ1n) is 8.44. The van der Waals surface area contributed by atoms with Crippen LogP contribution in [0.25, 0.3) is 0 Å². The van der Waals surface area contributed by atoms with Crippen molar-refractivity contribution in [2.75, 3.05) is 22.7 Å². The highest BCUT2D eigenvalue weighted by atomic mass is 32.2. The first kappa shape index (κ1) is 17.5. The van der Waals surface area contributed by atoms with Crippen molar-refractivity contribution >= 4 is 21.5 Å². The van der Waals surface area contributed by atoms with Crippen molar-refractivity contribution in [2.45, 2.75) is 37.7 Å². The molecule has 0 spiro atoms. The zero-order valence-electron chi connectivity index (χ0n) is 14.5. The van der Waals surface area contributed by atoms with E-state index < -0.39 is 10.0 Å². The summed E-state index contributed by atoms with van der Waals surface area (Å²) >= 11 is 0. The summed E-state index contributed by atoms with van der Waals surface area (Å²) in [7, 11) is -3.65. The summed E-state index contributed by atoms with van der Waals surface area (Å²) in [4.78, 5) is 6.75. The fourth-order valence-electron chi connectivity index (χ4n) is 2.76. The Morgan fingerprint density at radius 2 is 1.76 bits per heavy atom. The average molecular weight is 361 g/mol. The Bertz CT molecular complexity index is 796. The number of rotatable bonds is 6. The van der Waals surface area contributed by atoms with E-state index in [1.165, 1.54) is 25.0 Å². The van der Waals surface area contributed by atoms with Gasteiger partial charge in [0.2, 0.25) is 0 Å². The number of nitrogens with zero attached hydrogens (tertiary/aromatic N) is 2. The highest BCUT2D eigenvalue weighted by molar-refractivity contribution is 7.92. The lowest BCUT2D eigenvalue weighted by atomic mass is 10.3. The molecular formula is C18H23N3O3S. The van der Waals surface area contributed by atoms with Crippen LogP contribution in [0.4, 0.5) is 11.5 Å². The van der Waals surface area contributed by atoms with Crippen molar-refractivity contribution in [1.82, 2.24) is 4.98 Å². The van der Waals surface area contributed by atoms with Crippen LogP contribution in [-0.4, -0.2) is 32.6 Å². The molecule has 0 saturated carbocycles. The molecular weight excluding hydrogens is 338 g/mol. The number of anilines is 2. The Morgan fingerprint density at radius 1 is 1.08 bits per heavy atom. The highest BCUT2D eigenvalue weighted by Gasteiger charge is 2.16. The Morgan fingerprint density at radius 3 is 2.32 bits per heavy atom. The second-order valence-electron chi connectivity index (χ2n) is 6.34. The molecule has 0 bridgehead atoms. The zero-order valence-corrected chi connectivity index (χ0v) is 15.3. The van der Waals surface area contributed by atoms with Crippen LogP contribution in [-0.2, 0) is 10.0 Å². The predicted molar refractivity (Wildman–Crippen MR) is 98.7 cm³/mol. The Hall–Kier alpha value is -2.28. The monoisotopic (exact) mass is 361 g/mol. The maximum Gasteiger partial charge on any atom is 0.261 e. The summed E-state index contributed by atoms with van der Waals surface area (Å²) in [5, 5.41) is 0. The third-order valence-corrected chi connectivity index (χ3v) is 5.33. The van der Waals surface area contributed by atoms with Gasteiger partial charge < -0.3 is 9.64 Å². The topological polar surface area (TPSA) is 71.5 Å². The largest absolute Gasteiger partial charge is 0.491 e. The summed E-state index contributed by atoms with van der Waals surface area (Å²) in [6.07, 6.45) is 3.95. The third-order valence-electron chi connectivity index (χ3n) is 3.94. The molecule has 1 aromatic carbocycles. The van der Waals surface area contributed by atoms with Gasteiger partial charge in [-0.3, -0.25) is 4.72 Å². The number of hydrogen-bond acceptors (Lipinski definition) is 5. The molecule has 134 valence electrons.